The molecule has 1 N–H and O–H groups in total. The van der Waals surface area contributed by atoms with Gasteiger partial charge in [0.15, 0.2) is 0 Å². The molecule has 1 atom stereocenters. The van der Waals surface area contributed by atoms with Gasteiger partial charge in [0.05, 0.1) is 5.41 Å². The van der Waals surface area contributed by atoms with Gasteiger partial charge in [0.2, 0.25) is 0 Å². The van der Waals surface area contributed by atoms with Crippen molar-refractivity contribution >= 4 is 5.97 Å². The Kier molecular flexibility index (Phi) is 6.13. The Morgan fingerprint density at radius 2 is 1.83 bits per heavy atom. The summed E-state index contributed by atoms with van der Waals surface area (Å²) in [6.07, 6.45) is 7.41. The first-order chi connectivity index (χ1) is 8.50. The lowest BCUT2D eigenvalue weighted by molar-refractivity contribution is -0.151. The number of nitrogens with zero attached hydrogens (tertiary/aromatic N) is 1. The largest absolute Gasteiger partial charge is 0.481 e. The zero-order valence-electron chi connectivity index (χ0n) is 12.2. The Balaban J connectivity index is 2.63. The van der Waals surface area contributed by atoms with E-state index in [4.69, 9.17) is 0 Å². The van der Waals surface area contributed by atoms with Crippen LogP contribution in [0.4, 0.5) is 0 Å². The summed E-state index contributed by atoms with van der Waals surface area (Å²) in [6, 6.07) is 0. The first-order valence-corrected chi connectivity index (χ1v) is 7.42. The second kappa shape index (κ2) is 7.13. The van der Waals surface area contributed by atoms with Crippen molar-refractivity contribution in [3.05, 3.63) is 0 Å². The smallest absolute Gasteiger partial charge is 0.310 e. The molecule has 3 nitrogen and oxygen atoms in total. The number of carboxylic acids is 1. The normalized spacial score (nSPS) is 21.6. The summed E-state index contributed by atoms with van der Waals surface area (Å²) in [6.45, 7) is 6.15. The van der Waals surface area contributed by atoms with Crippen LogP contribution >= 0.6 is 0 Å². The van der Waals surface area contributed by atoms with Gasteiger partial charge >= 0.3 is 5.97 Å². The number of hydrogen-bond donors (Lipinski definition) is 1. The van der Waals surface area contributed by atoms with E-state index in [-0.39, 0.29) is 0 Å². The SMILES string of the molecule is CCC(C)CN(C)CC1(C(=O)O)CCCCCC1. The summed E-state index contributed by atoms with van der Waals surface area (Å²) in [5.74, 6) is 0.0621. The molecule has 0 aromatic rings. The van der Waals surface area contributed by atoms with E-state index in [0.717, 1.165) is 38.6 Å². The van der Waals surface area contributed by atoms with E-state index in [0.29, 0.717) is 12.5 Å². The van der Waals surface area contributed by atoms with Crippen LogP contribution in [0.15, 0.2) is 0 Å². The lowest BCUT2D eigenvalue weighted by atomic mass is 9.80. The predicted octanol–water partition coefficient (Wildman–Crippen LogP) is 3.39. The van der Waals surface area contributed by atoms with E-state index in [1.54, 1.807) is 0 Å². The van der Waals surface area contributed by atoms with Crippen molar-refractivity contribution in [2.75, 3.05) is 20.1 Å². The van der Waals surface area contributed by atoms with E-state index < -0.39 is 11.4 Å². The zero-order valence-corrected chi connectivity index (χ0v) is 12.2. The molecule has 0 aliphatic heterocycles. The lowest BCUT2D eigenvalue weighted by Crippen LogP contribution is -2.42. The minimum Gasteiger partial charge on any atom is -0.481 e. The van der Waals surface area contributed by atoms with Gasteiger partial charge in [0, 0.05) is 13.1 Å². The number of carboxylic acid groups (broad SMARTS) is 1. The van der Waals surface area contributed by atoms with Crippen LogP contribution in [-0.4, -0.2) is 36.1 Å². The van der Waals surface area contributed by atoms with E-state index in [1.165, 1.54) is 12.8 Å². The van der Waals surface area contributed by atoms with Crippen LogP contribution in [0.1, 0.15) is 58.8 Å². The molecule has 18 heavy (non-hydrogen) atoms. The number of rotatable bonds is 6. The zero-order chi connectivity index (χ0) is 13.6. The third-order valence-electron chi connectivity index (χ3n) is 4.41. The van der Waals surface area contributed by atoms with Crippen molar-refractivity contribution in [1.29, 1.82) is 0 Å². The third kappa shape index (κ3) is 4.27. The minimum absolute atomic E-state index is 0.487. The molecule has 1 rings (SSSR count). The quantitative estimate of drug-likeness (QED) is 0.740. The molecule has 0 bridgehead atoms. The van der Waals surface area contributed by atoms with Crippen molar-refractivity contribution in [2.24, 2.45) is 11.3 Å². The molecule has 106 valence electrons. The fourth-order valence-corrected chi connectivity index (χ4v) is 3.09. The average Bonchev–Trinajstić information content (AvgIpc) is 2.55. The lowest BCUT2D eigenvalue weighted by Gasteiger charge is -2.33. The molecule has 1 fully saturated rings. The molecule has 0 spiro atoms. The van der Waals surface area contributed by atoms with E-state index >= 15 is 0 Å². The first kappa shape index (κ1) is 15.5. The topological polar surface area (TPSA) is 40.5 Å². The highest BCUT2D eigenvalue weighted by Gasteiger charge is 2.39. The fourth-order valence-electron chi connectivity index (χ4n) is 3.09. The van der Waals surface area contributed by atoms with Gasteiger partial charge in [-0.2, -0.15) is 0 Å². The molecular formula is C15H29NO2. The molecule has 1 aliphatic rings. The van der Waals surface area contributed by atoms with Gasteiger partial charge in [-0.15, -0.1) is 0 Å². The van der Waals surface area contributed by atoms with Crippen molar-refractivity contribution in [1.82, 2.24) is 4.90 Å². The van der Waals surface area contributed by atoms with Crippen LogP contribution in [0.25, 0.3) is 0 Å². The predicted molar refractivity (Wildman–Crippen MR) is 74.7 cm³/mol. The minimum atomic E-state index is -0.583. The van der Waals surface area contributed by atoms with Gasteiger partial charge in [0.25, 0.3) is 0 Å². The monoisotopic (exact) mass is 255 g/mol. The Morgan fingerprint density at radius 1 is 1.28 bits per heavy atom. The molecule has 1 unspecified atom stereocenters. The maximum absolute atomic E-state index is 11.7. The molecule has 3 heteroatoms. The van der Waals surface area contributed by atoms with Gasteiger partial charge in [-0.1, -0.05) is 46.0 Å². The fraction of sp³-hybridized carbons (Fsp3) is 0.933. The maximum Gasteiger partial charge on any atom is 0.310 e. The Hall–Kier alpha value is -0.570. The highest BCUT2D eigenvalue weighted by atomic mass is 16.4. The average molecular weight is 255 g/mol. The van der Waals surface area contributed by atoms with Crippen molar-refractivity contribution in [3.8, 4) is 0 Å². The third-order valence-corrected chi connectivity index (χ3v) is 4.41. The second-order valence-electron chi connectivity index (χ2n) is 6.21. The summed E-state index contributed by atoms with van der Waals surface area (Å²) in [7, 11) is 2.07. The van der Waals surface area contributed by atoms with Gasteiger partial charge in [-0.25, -0.2) is 0 Å². The van der Waals surface area contributed by atoms with Gasteiger partial charge in [-0.05, 0) is 25.8 Å². The van der Waals surface area contributed by atoms with Crippen molar-refractivity contribution < 1.29 is 9.90 Å². The molecule has 0 radical (unpaired) electrons. The van der Waals surface area contributed by atoms with Crippen LogP contribution in [-0.2, 0) is 4.79 Å². The molecule has 1 saturated carbocycles. The highest BCUT2D eigenvalue weighted by Crippen LogP contribution is 2.36. The second-order valence-corrected chi connectivity index (χ2v) is 6.21. The van der Waals surface area contributed by atoms with E-state index in [2.05, 4.69) is 25.8 Å². The molecule has 0 amide bonds. The molecule has 0 heterocycles. The van der Waals surface area contributed by atoms with Crippen LogP contribution in [0.5, 0.6) is 0 Å². The standard InChI is InChI=1S/C15H29NO2/c1-4-13(2)11-16(3)12-15(14(17)18)9-7-5-6-8-10-15/h13H,4-12H2,1-3H3,(H,17,18). The molecule has 0 saturated heterocycles. The summed E-state index contributed by atoms with van der Waals surface area (Å²) < 4.78 is 0. The van der Waals surface area contributed by atoms with Gasteiger partial charge < -0.3 is 10.0 Å². The van der Waals surface area contributed by atoms with Crippen LogP contribution < -0.4 is 0 Å². The van der Waals surface area contributed by atoms with Crippen LogP contribution in [0.3, 0.4) is 0 Å². The van der Waals surface area contributed by atoms with Gasteiger partial charge in [0.1, 0.15) is 0 Å². The number of aliphatic carboxylic acids is 1. The first-order valence-electron chi connectivity index (χ1n) is 7.42. The highest BCUT2D eigenvalue weighted by molar-refractivity contribution is 5.75. The number of carbonyl (C=O) groups is 1. The summed E-state index contributed by atoms with van der Waals surface area (Å²) in [5, 5.41) is 9.63. The van der Waals surface area contributed by atoms with Crippen LogP contribution in [0, 0.1) is 11.3 Å². The van der Waals surface area contributed by atoms with Crippen molar-refractivity contribution in [3.63, 3.8) is 0 Å². The molecule has 0 aromatic carbocycles. The summed E-state index contributed by atoms with van der Waals surface area (Å²) in [4.78, 5) is 13.9. The van der Waals surface area contributed by atoms with E-state index in [1.807, 2.05) is 0 Å². The Morgan fingerprint density at radius 3 is 2.28 bits per heavy atom. The summed E-state index contributed by atoms with van der Waals surface area (Å²) >= 11 is 0. The maximum atomic E-state index is 11.7. The van der Waals surface area contributed by atoms with E-state index in [9.17, 15) is 9.90 Å². The van der Waals surface area contributed by atoms with Gasteiger partial charge in [-0.3, -0.25) is 4.79 Å². The van der Waals surface area contributed by atoms with Crippen molar-refractivity contribution in [2.45, 2.75) is 58.8 Å². The van der Waals surface area contributed by atoms with Crippen LogP contribution in [0.2, 0.25) is 0 Å². The number of hydrogen-bond acceptors (Lipinski definition) is 2. The molecule has 0 aromatic heterocycles. The summed E-state index contributed by atoms with van der Waals surface area (Å²) in [5.41, 5.74) is -0.487. The Bertz CT molecular complexity index is 257. The Labute approximate surface area is 112 Å². The molecular weight excluding hydrogens is 226 g/mol. The molecule has 1 aliphatic carbocycles.